The SMILES string of the molecule is CC1NCCOC1c1ccc2c(c1)OCCO2. The van der Waals surface area contributed by atoms with Crippen molar-refractivity contribution in [2.45, 2.75) is 19.1 Å². The highest BCUT2D eigenvalue weighted by molar-refractivity contribution is 5.44. The molecule has 1 aromatic carbocycles. The van der Waals surface area contributed by atoms with Gasteiger partial charge in [0.1, 0.15) is 13.2 Å². The summed E-state index contributed by atoms with van der Waals surface area (Å²) in [6.07, 6.45) is 0.0968. The van der Waals surface area contributed by atoms with E-state index in [0.29, 0.717) is 19.3 Å². The largest absolute Gasteiger partial charge is 0.486 e. The van der Waals surface area contributed by atoms with Crippen molar-refractivity contribution >= 4 is 0 Å². The zero-order valence-electron chi connectivity index (χ0n) is 9.94. The smallest absolute Gasteiger partial charge is 0.161 e. The molecule has 1 aromatic rings. The Morgan fingerprint density at radius 2 is 1.94 bits per heavy atom. The average molecular weight is 235 g/mol. The maximum atomic E-state index is 5.81. The maximum absolute atomic E-state index is 5.81. The number of fused-ring (bicyclic) bond motifs is 1. The number of ether oxygens (including phenoxy) is 3. The second kappa shape index (κ2) is 4.55. The standard InChI is InChI=1S/C13H17NO3/c1-9-13(17-5-4-14-9)10-2-3-11-12(8-10)16-7-6-15-11/h2-3,8-9,13-14H,4-7H2,1H3. The van der Waals surface area contributed by atoms with E-state index >= 15 is 0 Å². The molecule has 0 aliphatic carbocycles. The molecule has 1 N–H and O–H groups in total. The van der Waals surface area contributed by atoms with Gasteiger partial charge in [0.25, 0.3) is 0 Å². The summed E-state index contributed by atoms with van der Waals surface area (Å²) < 4.78 is 16.9. The summed E-state index contributed by atoms with van der Waals surface area (Å²) in [6.45, 7) is 5.06. The van der Waals surface area contributed by atoms with Crippen LogP contribution in [0.1, 0.15) is 18.6 Å². The topological polar surface area (TPSA) is 39.7 Å². The summed E-state index contributed by atoms with van der Waals surface area (Å²) in [6, 6.07) is 6.38. The fourth-order valence-corrected chi connectivity index (χ4v) is 2.35. The molecule has 2 heterocycles. The van der Waals surface area contributed by atoms with Crippen molar-refractivity contribution in [2.75, 3.05) is 26.4 Å². The molecule has 0 saturated carbocycles. The lowest BCUT2D eigenvalue weighted by Crippen LogP contribution is -2.41. The fourth-order valence-electron chi connectivity index (χ4n) is 2.35. The maximum Gasteiger partial charge on any atom is 0.161 e. The van der Waals surface area contributed by atoms with Gasteiger partial charge in [0.05, 0.1) is 12.7 Å². The molecule has 2 aliphatic heterocycles. The highest BCUT2D eigenvalue weighted by atomic mass is 16.6. The van der Waals surface area contributed by atoms with Crippen LogP contribution in [0.25, 0.3) is 0 Å². The first-order valence-corrected chi connectivity index (χ1v) is 6.09. The molecule has 17 heavy (non-hydrogen) atoms. The third-order valence-electron chi connectivity index (χ3n) is 3.21. The first kappa shape index (κ1) is 10.9. The molecule has 4 nitrogen and oxygen atoms in total. The normalized spacial score (nSPS) is 27.8. The van der Waals surface area contributed by atoms with E-state index in [-0.39, 0.29) is 6.10 Å². The van der Waals surface area contributed by atoms with Gasteiger partial charge in [-0.1, -0.05) is 6.07 Å². The summed E-state index contributed by atoms with van der Waals surface area (Å²) in [5.74, 6) is 1.66. The lowest BCUT2D eigenvalue weighted by atomic mass is 10.0. The number of hydrogen-bond donors (Lipinski definition) is 1. The minimum Gasteiger partial charge on any atom is -0.486 e. The van der Waals surface area contributed by atoms with Crippen molar-refractivity contribution in [3.05, 3.63) is 23.8 Å². The third kappa shape index (κ3) is 2.10. The van der Waals surface area contributed by atoms with Crippen molar-refractivity contribution in [1.29, 1.82) is 0 Å². The van der Waals surface area contributed by atoms with Gasteiger partial charge in [-0.15, -0.1) is 0 Å². The van der Waals surface area contributed by atoms with Gasteiger partial charge in [0.2, 0.25) is 0 Å². The van der Waals surface area contributed by atoms with E-state index in [9.17, 15) is 0 Å². The molecule has 0 aromatic heterocycles. The number of benzene rings is 1. The minimum atomic E-state index is 0.0968. The summed E-state index contributed by atoms with van der Waals surface area (Å²) in [4.78, 5) is 0. The van der Waals surface area contributed by atoms with Gasteiger partial charge >= 0.3 is 0 Å². The summed E-state index contributed by atoms with van der Waals surface area (Å²) >= 11 is 0. The van der Waals surface area contributed by atoms with Crippen LogP contribution < -0.4 is 14.8 Å². The molecule has 0 spiro atoms. The molecule has 0 radical (unpaired) electrons. The molecule has 2 unspecified atom stereocenters. The van der Waals surface area contributed by atoms with Crippen LogP contribution in [-0.4, -0.2) is 32.4 Å². The molecule has 0 amide bonds. The molecule has 1 fully saturated rings. The van der Waals surface area contributed by atoms with Gasteiger partial charge < -0.3 is 19.5 Å². The number of nitrogens with one attached hydrogen (secondary N) is 1. The quantitative estimate of drug-likeness (QED) is 0.801. The number of rotatable bonds is 1. The molecular formula is C13H17NO3. The van der Waals surface area contributed by atoms with Crippen LogP contribution in [0.2, 0.25) is 0 Å². The van der Waals surface area contributed by atoms with Crippen molar-refractivity contribution in [1.82, 2.24) is 5.32 Å². The Hall–Kier alpha value is -1.26. The second-order valence-electron chi connectivity index (χ2n) is 4.44. The van der Waals surface area contributed by atoms with Crippen LogP contribution in [0.4, 0.5) is 0 Å². The van der Waals surface area contributed by atoms with Gasteiger partial charge in [0.15, 0.2) is 11.5 Å². The van der Waals surface area contributed by atoms with Crippen LogP contribution in [0.3, 0.4) is 0 Å². The van der Waals surface area contributed by atoms with E-state index < -0.39 is 0 Å². The molecule has 4 heteroatoms. The van der Waals surface area contributed by atoms with E-state index in [1.807, 2.05) is 12.1 Å². The Morgan fingerprint density at radius 3 is 2.76 bits per heavy atom. The Labute approximate surface area is 101 Å². The van der Waals surface area contributed by atoms with Gasteiger partial charge in [-0.05, 0) is 24.6 Å². The van der Waals surface area contributed by atoms with Crippen LogP contribution in [0, 0.1) is 0 Å². The van der Waals surface area contributed by atoms with E-state index in [1.165, 1.54) is 0 Å². The summed E-state index contributed by atoms with van der Waals surface area (Å²) in [5.41, 5.74) is 1.15. The molecule has 2 atom stereocenters. The average Bonchev–Trinajstić information content (AvgIpc) is 2.39. The lowest BCUT2D eigenvalue weighted by molar-refractivity contribution is -0.000484. The highest BCUT2D eigenvalue weighted by Crippen LogP contribution is 2.34. The Kier molecular flexibility index (Phi) is 2.91. The van der Waals surface area contributed by atoms with Crippen molar-refractivity contribution in [3.8, 4) is 11.5 Å². The third-order valence-corrected chi connectivity index (χ3v) is 3.21. The highest BCUT2D eigenvalue weighted by Gasteiger charge is 2.24. The van der Waals surface area contributed by atoms with Gasteiger partial charge in [0, 0.05) is 12.6 Å². The first-order chi connectivity index (χ1) is 8.34. The predicted octanol–water partition coefficient (Wildman–Crippen LogP) is 1.51. The summed E-state index contributed by atoms with van der Waals surface area (Å²) in [7, 11) is 0. The first-order valence-electron chi connectivity index (χ1n) is 6.09. The molecule has 3 rings (SSSR count). The number of morpholine rings is 1. The van der Waals surface area contributed by atoms with Gasteiger partial charge in [-0.25, -0.2) is 0 Å². The molecule has 2 aliphatic rings. The predicted molar refractivity (Wildman–Crippen MR) is 63.6 cm³/mol. The minimum absolute atomic E-state index is 0.0968. The van der Waals surface area contributed by atoms with Crippen molar-refractivity contribution in [2.24, 2.45) is 0 Å². The Morgan fingerprint density at radius 1 is 1.12 bits per heavy atom. The van der Waals surface area contributed by atoms with Gasteiger partial charge in [-0.2, -0.15) is 0 Å². The van der Waals surface area contributed by atoms with Crippen molar-refractivity contribution < 1.29 is 14.2 Å². The van der Waals surface area contributed by atoms with Crippen LogP contribution in [-0.2, 0) is 4.74 Å². The van der Waals surface area contributed by atoms with E-state index in [1.54, 1.807) is 0 Å². The van der Waals surface area contributed by atoms with Crippen LogP contribution >= 0.6 is 0 Å². The molecule has 0 bridgehead atoms. The fraction of sp³-hybridized carbons (Fsp3) is 0.538. The van der Waals surface area contributed by atoms with E-state index in [0.717, 1.165) is 30.2 Å². The monoisotopic (exact) mass is 235 g/mol. The van der Waals surface area contributed by atoms with E-state index in [2.05, 4.69) is 18.3 Å². The van der Waals surface area contributed by atoms with Crippen LogP contribution in [0.5, 0.6) is 11.5 Å². The Balaban J connectivity index is 1.87. The van der Waals surface area contributed by atoms with E-state index in [4.69, 9.17) is 14.2 Å². The zero-order chi connectivity index (χ0) is 11.7. The zero-order valence-corrected chi connectivity index (χ0v) is 9.94. The van der Waals surface area contributed by atoms with Crippen molar-refractivity contribution in [3.63, 3.8) is 0 Å². The molecule has 92 valence electrons. The Bertz CT molecular complexity index is 408. The second-order valence-corrected chi connectivity index (χ2v) is 4.44. The van der Waals surface area contributed by atoms with Crippen LogP contribution in [0.15, 0.2) is 18.2 Å². The molecular weight excluding hydrogens is 218 g/mol. The molecule has 1 saturated heterocycles. The summed E-state index contributed by atoms with van der Waals surface area (Å²) in [5, 5.41) is 3.41. The van der Waals surface area contributed by atoms with Gasteiger partial charge in [-0.3, -0.25) is 0 Å². The lowest BCUT2D eigenvalue weighted by Gasteiger charge is -2.31. The number of hydrogen-bond acceptors (Lipinski definition) is 4.